The lowest BCUT2D eigenvalue weighted by Crippen LogP contribution is -2.30. The second-order valence-electron chi connectivity index (χ2n) is 4.51. The van der Waals surface area contributed by atoms with Gasteiger partial charge < -0.3 is 10.1 Å². The van der Waals surface area contributed by atoms with Crippen LogP contribution in [0.2, 0.25) is 5.02 Å². The molecule has 7 heteroatoms. The SMILES string of the molecule is CC(Oc1cccc(Cl)c1)C(=O)Nc1cccc([N+](=O)[O-])c1. The molecule has 2 aromatic carbocycles. The molecule has 1 atom stereocenters. The first-order valence-electron chi connectivity index (χ1n) is 6.43. The molecule has 22 heavy (non-hydrogen) atoms. The zero-order chi connectivity index (χ0) is 16.1. The molecule has 0 saturated heterocycles. The molecule has 0 saturated carbocycles. The van der Waals surface area contributed by atoms with Crippen molar-refractivity contribution in [3.8, 4) is 5.75 Å². The largest absolute Gasteiger partial charge is 0.481 e. The first kappa shape index (κ1) is 15.8. The Labute approximate surface area is 131 Å². The quantitative estimate of drug-likeness (QED) is 0.673. The van der Waals surface area contributed by atoms with Crippen molar-refractivity contribution in [2.24, 2.45) is 0 Å². The monoisotopic (exact) mass is 320 g/mol. The van der Waals surface area contributed by atoms with Gasteiger partial charge in [0.25, 0.3) is 11.6 Å². The number of hydrogen-bond donors (Lipinski definition) is 1. The van der Waals surface area contributed by atoms with Gasteiger partial charge in [0.05, 0.1) is 4.92 Å². The number of nitrogens with zero attached hydrogens (tertiary/aromatic N) is 1. The van der Waals surface area contributed by atoms with Gasteiger partial charge in [-0.3, -0.25) is 14.9 Å². The molecule has 114 valence electrons. The summed E-state index contributed by atoms with van der Waals surface area (Å²) in [5, 5.41) is 13.8. The zero-order valence-electron chi connectivity index (χ0n) is 11.7. The summed E-state index contributed by atoms with van der Waals surface area (Å²) >= 11 is 5.84. The van der Waals surface area contributed by atoms with Gasteiger partial charge in [0.1, 0.15) is 5.75 Å². The lowest BCUT2D eigenvalue weighted by atomic mass is 10.2. The summed E-state index contributed by atoms with van der Waals surface area (Å²) in [4.78, 5) is 22.2. The number of nitro groups is 1. The number of carbonyl (C=O) groups excluding carboxylic acids is 1. The number of amides is 1. The average molecular weight is 321 g/mol. The van der Waals surface area contributed by atoms with E-state index in [4.69, 9.17) is 16.3 Å². The number of nitrogens with one attached hydrogen (secondary N) is 1. The van der Waals surface area contributed by atoms with Crippen LogP contribution in [-0.4, -0.2) is 16.9 Å². The lowest BCUT2D eigenvalue weighted by Gasteiger charge is -2.14. The molecule has 0 radical (unpaired) electrons. The van der Waals surface area contributed by atoms with Gasteiger partial charge in [-0.2, -0.15) is 0 Å². The topological polar surface area (TPSA) is 81.5 Å². The molecule has 0 heterocycles. The first-order valence-corrected chi connectivity index (χ1v) is 6.81. The summed E-state index contributed by atoms with van der Waals surface area (Å²) in [6, 6.07) is 12.4. The van der Waals surface area contributed by atoms with E-state index in [-0.39, 0.29) is 5.69 Å². The van der Waals surface area contributed by atoms with Crippen molar-refractivity contribution in [3.05, 3.63) is 63.7 Å². The van der Waals surface area contributed by atoms with E-state index in [1.165, 1.54) is 18.2 Å². The van der Waals surface area contributed by atoms with Crippen molar-refractivity contribution in [3.63, 3.8) is 0 Å². The van der Waals surface area contributed by atoms with Gasteiger partial charge in [0.2, 0.25) is 0 Å². The minimum atomic E-state index is -0.780. The second-order valence-corrected chi connectivity index (χ2v) is 4.95. The number of halogens is 1. The van der Waals surface area contributed by atoms with Crippen LogP contribution in [-0.2, 0) is 4.79 Å². The number of benzene rings is 2. The summed E-state index contributed by atoms with van der Waals surface area (Å²) in [5.41, 5.74) is 0.238. The smallest absolute Gasteiger partial charge is 0.271 e. The first-order chi connectivity index (χ1) is 10.5. The molecule has 1 N–H and O–H groups in total. The highest BCUT2D eigenvalue weighted by atomic mass is 35.5. The Bertz CT molecular complexity index is 705. The fourth-order valence-corrected chi connectivity index (χ4v) is 1.92. The Morgan fingerprint density at radius 3 is 2.68 bits per heavy atom. The highest BCUT2D eigenvalue weighted by molar-refractivity contribution is 6.30. The molecule has 0 aliphatic heterocycles. The van der Waals surface area contributed by atoms with Crippen molar-refractivity contribution < 1.29 is 14.5 Å². The molecular formula is C15H13ClN2O4. The standard InChI is InChI=1S/C15H13ClN2O4/c1-10(22-14-7-2-4-11(16)8-14)15(19)17-12-5-3-6-13(9-12)18(20)21/h2-10H,1H3,(H,17,19). The molecule has 2 rings (SSSR count). The van der Waals surface area contributed by atoms with Crippen LogP contribution >= 0.6 is 11.6 Å². The molecule has 6 nitrogen and oxygen atoms in total. The number of ether oxygens (including phenoxy) is 1. The van der Waals surface area contributed by atoms with Crippen LogP contribution in [0.1, 0.15) is 6.92 Å². The number of carbonyl (C=O) groups is 1. The Balaban J connectivity index is 2.02. The van der Waals surface area contributed by atoms with Crippen LogP contribution in [0.25, 0.3) is 0 Å². The van der Waals surface area contributed by atoms with Crippen molar-refractivity contribution in [2.45, 2.75) is 13.0 Å². The normalized spacial score (nSPS) is 11.5. The highest BCUT2D eigenvalue weighted by Gasteiger charge is 2.16. The molecule has 0 aliphatic carbocycles. The van der Waals surface area contributed by atoms with E-state index in [0.29, 0.717) is 16.5 Å². The summed E-state index contributed by atoms with van der Waals surface area (Å²) in [6.45, 7) is 1.58. The molecule has 0 spiro atoms. The molecule has 0 bridgehead atoms. The molecule has 1 amide bonds. The summed E-state index contributed by atoms with van der Waals surface area (Å²) in [5.74, 6) is 0.0506. The predicted octanol–water partition coefficient (Wildman–Crippen LogP) is 3.65. The van der Waals surface area contributed by atoms with E-state index in [2.05, 4.69) is 5.32 Å². The predicted molar refractivity (Wildman–Crippen MR) is 83.3 cm³/mol. The Morgan fingerprint density at radius 1 is 1.27 bits per heavy atom. The summed E-state index contributed by atoms with van der Waals surface area (Å²) in [6.07, 6.45) is -0.780. The van der Waals surface area contributed by atoms with Gasteiger partial charge in [-0.25, -0.2) is 0 Å². The van der Waals surface area contributed by atoms with E-state index in [0.717, 1.165) is 0 Å². The molecule has 0 aromatic heterocycles. The third-order valence-electron chi connectivity index (χ3n) is 2.80. The van der Waals surface area contributed by atoms with E-state index < -0.39 is 16.9 Å². The molecule has 1 unspecified atom stereocenters. The van der Waals surface area contributed by atoms with Crippen molar-refractivity contribution in [2.75, 3.05) is 5.32 Å². The van der Waals surface area contributed by atoms with Gasteiger partial charge in [-0.05, 0) is 31.2 Å². The maximum Gasteiger partial charge on any atom is 0.271 e. The van der Waals surface area contributed by atoms with Crippen LogP contribution in [0.4, 0.5) is 11.4 Å². The van der Waals surface area contributed by atoms with E-state index >= 15 is 0 Å². The zero-order valence-corrected chi connectivity index (χ0v) is 12.4. The number of non-ortho nitro benzene ring substituents is 1. The van der Waals surface area contributed by atoms with Gasteiger partial charge in [-0.15, -0.1) is 0 Å². The number of rotatable bonds is 5. The van der Waals surface area contributed by atoms with Gasteiger partial charge in [0.15, 0.2) is 6.10 Å². The van der Waals surface area contributed by atoms with Gasteiger partial charge in [-0.1, -0.05) is 23.7 Å². The maximum atomic E-state index is 12.0. The Hall–Kier alpha value is -2.60. The third-order valence-corrected chi connectivity index (χ3v) is 3.04. The van der Waals surface area contributed by atoms with Gasteiger partial charge >= 0.3 is 0 Å². The van der Waals surface area contributed by atoms with Crippen molar-refractivity contribution in [1.82, 2.24) is 0 Å². The van der Waals surface area contributed by atoms with Crippen LogP contribution in [0.5, 0.6) is 5.75 Å². The fourth-order valence-electron chi connectivity index (χ4n) is 1.74. The van der Waals surface area contributed by atoms with Crippen LogP contribution in [0.3, 0.4) is 0 Å². The third kappa shape index (κ3) is 4.20. The lowest BCUT2D eigenvalue weighted by molar-refractivity contribution is -0.384. The number of anilines is 1. The van der Waals surface area contributed by atoms with E-state index in [9.17, 15) is 14.9 Å². The highest BCUT2D eigenvalue weighted by Crippen LogP contribution is 2.20. The molecular weight excluding hydrogens is 308 g/mol. The fraction of sp³-hybridized carbons (Fsp3) is 0.133. The second kappa shape index (κ2) is 6.91. The molecule has 2 aromatic rings. The van der Waals surface area contributed by atoms with Crippen LogP contribution < -0.4 is 10.1 Å². The summed E-state index contributed by atoms with van der Waals surface area (Å²) in [7, 11) is 0. The van der Waals surface area contributed by atoms with E-state index in [1.54, 1.807) is 37.3 Å². The van der Waals surface area contributed by atoms with Crippen LogP contribution in [0.15, 0.2) is 48.5 Å². The number of hydrogen-bond acceptors (Lipinski definition) is 4. The Morgan fingerprint density at radius 2 is 2.00 bits per heavy atom. The van der Waals surface area contributed by atoms with Gasteiger partial charge in [0, 0.05) is 22.8 Å². The molecule has 0 fully saturated rings. The van der Waals surface area contributed by atoms with Crippen molar-refractivity contribution >= 4 is 28.9 Å². The Kier molecular flexibility index (Phi) is 4.95. The molecule has 0 aliphatic rings. The minimum absolute atomic E-state index is 0.0961. The minimum Gasteiger partial charge on any atom is -0.481 e. The van der Waals surface area contributed by atoms with Crippen molar-refractivity contribution in [1.29, 1.82) is 0 Å². The van der Waals surface area contributed by atoms with E-state index in [1.807, 2.05) is 0 Å². The maximum absolute atomic E-state index is 12.0. The summed E-state index contributed by atoms with van der Waals surface area (Å²) < 4.78 is 5.48. The van der Waals surface area contributed by atoms with Crippen LogP contribution in [0, 0.1) is 10.1 Å². The average Bonchev–Trinajstić information content (AvgIpc) is 2.47. The number of nitro benzene ring substituents is 1.